The Morgan fingerprint density at radius 3 is 2.00 bits per heavy atom. The molecule has 0 spiro atoms. The molecular formula is C19H12Cl2F5NO. The number of benzene rings is 2. The first-order chi connectivity index (χ1) is 13.0. The molecule has 0 aromatic heterocycles. The topological polar surface area (TPSA) is 29.1 Å². The first-order valence-electron chi connectivity index (χ1n) is 7.99. The third-order valence-electron chi connectivity index (χ3n) is 4.37. The zero-order valence-electron chi connectivity index (χ0n) is 14.0. The summed E-state index contributed by atoms with van der Waals surface area (Å²) in [5, 5.41) is 1.59. The zero-order chi connectivity index (χ0) is 20.7. The highest BCUT2D eigenvalue weighted by atomic mass is 35.5. The molecule has 2 aromatic carbocycles. The Morgan fingerprint density at radius 1 is 1.04 bits per heavy atom. The highest BCUT2D eigenvalue weighted by molar-refractivity contribution is 6.35. The van der Waals surface area contributed by atoms with E-state index in [9.17, 15) is 26.7 Å². The maximum absolute atomic E-state index is 14.3. The Morgan fingerprint density at radius 2 is 1.57 bits per heavy atom. The lowest BCUT2D eigenvalue weighted by Gasteiger charge is -2.35. The quantitative estimate of drug-likeness (QED) is 0.287. The van der Waals surface area contributed by atoms with Gasteiger partial charge in [0.15, 0.2) is 17.3 Å². The van der Waals surface area contributed by atoms with Crippen LogP contribution in [0.15, 0.2) is 42.5 Å². The second-order valence-corrected chi connectivity index (χ2v) is 7.13. The minimum absolute atomic E-state index is 0.0549. The van der Waals surface area contributed by atoms with Crippen molar-refractivity contribution < 1.29 is 26.7 Å². The van der Waals surface area contributed by atoms with Crippen LogP contribution in [0.3, 0.4) is 0 Å². The van der Waals surface area contributed by atoms with E-state index in [-0.39, 0.29) is 18.7 Å². The molecule has 0 radical (unpaired) electrons. The van der Waals surface area contributed by atoms with Crippen LogP contribution in [0.2, 0.25) is 10.0 Å². The van der Waals surface area contributed by atoms with Crippen LogP contribution < -0.4 is 5.32 Å². The summed E-state index contributed by atoms with van der Waals surface area (Å²) in [5.41, 5.74) is -3.14. The number of carbonyl (C=O) groups excluding carboxylic acids is 1. The molecule has 2 aromatic rings. The minimum Gasteiger partial charge on any atom is -0.310 e. The predicted molar refractivity (Wildman–Crippen MR) is 96.9 cm³/mol. The highest BCUT2D eigenvalue weighted by Gasteiger charge is 2.39. The molecule has 1 fully saturated rings. The summed E-state index contributed by atoms with van der Waals surface area (Å²) in [4.78, 5) is 12.3. The van der Waals surface area contributed by atoms with E-state index in [4.69, 9.17) is 23.2 Å². The molecule has 9 heteroatoms. The molecule has 0 atom stereocenters. The van der Waals surface area contributed by atoms with Crippen molar-refractivity contribution >= 4 is 34.6 Å². The van der Waals surface area contributed by atoms with Crippen molar-refractivity contribution in [2.24, 2.45) is 0 Å². The van der Waals surface area contributed by atoms with Crippen molar-refractivity contribution in [2.45, 2.75) is 11.8 Å². The summed E-state index contributed by atoms with van der Waals surface area (Å²) in [7, 11) is 0. The van der Waals surface area contributed by atoms with Crippen molar-refractivity contribution in [1.29, 1.82) is 0 Å². The summed E-state index contributed by atoms with van der Waals surface area (Å²) in [6, 6.07) is 6.73. The van der Waals surface area contributed by atoms with Gasteiger partial charge < -0.3 is 5.32 Å². The Labute approximate surface area is 166 Å². The van der Waals surface area contributed by atoms with E-state index >= 15 is 0 Å². The molecule has 1 aliphatic rings. The molecule has 1 N–H and O–H groups in total. The molecule has 0 unspecified atom stereocenters. The number of allylic oxidation sites excluding steroid dienone is 2. The number of nitrogens with one attached hydrogen (secondary N) is 1. The number of carbonyl (C=O) groups is 1. The number of halogens is 7. The minimum atomic E-state index is -4.92. The SMILES string of the molecule is O=C(/C=C(\c1cc(Cl)c(F)c(Cl)c1)C(F)(F)F)c1ccc(C2(F)CNC2)cc1. The third kappa shape index (κ3) is 4.06. The van der Waals surface area contributed by atoms with E-state index in [0.717, 1.165) is 12.1 Å². The molecule has 1 aliphatic heterocycles. The van der Waals surface area contributed by atoms with Gasteiger partial charge in [-0.2, -0.15) is 13.2 Å². The van der Waals surface area contributed by atoms with Gasteiger partial charge in [-0.15, -0.1) is 0 Å². The van der Waals surface area contributed by atoms with Crippen LogP contribution in [0.5, 0.6) is 0 Å². The molecule has 0 bridgehead atoms. The van der Waals surface area contributed by atoms with Gasteiger partial charge in [-0.05, 0) is 29.3 Å². The van der Waals surface area contributed by atoms with E-state index in [2.05, 4.69) is 5.32 Å². The van der Waals surface area contributed by atoms with Gasteiger partial charge in [-0.1, -0.05) is 47.5 Å². The van der Waals surface area contributed by atoms with E-state index in [0.29, 0.717) is 11.6 Å². The van der Waals surface area contributed by atoms with Crippen molar-refractivity contribution in [3.63, 3.8) is 0 Å². The molecule has 2 nitrogen and oxygen atoms in total. The lowest BCUT2D eigenvalue weighted by Crippen LogP contribution is -2.53. The fourth-order valence-corrected chi connectivity index (χ4v) is 3.22. The Bertz CT molecular complexity index is 927. The predicted octanol–water partition coefficient (Wildman–Crippen LogP) is 5.73. The number of ketones is 1. The highest BCUT2D eigenvalue weighted by Crippen LogP contribution is 2.38. The van der Waals surface area contributed by atoms with Gasteiger partial charge >= 0.3 is 6.18 Å². The molecule has 148 valence electrons. The Hall–Kier alpha value is -1.96. The van der Waals surface area contributed by atoms with Crippen LogP contribution in [-0.2, 0) is 5.67 Å². The summed E-state index contributed by atoms with van der Waals surface area (Å²) < 4.78 is 68.2. The van der Waals surface area contributed by atoms with E-state index in [1.807, 2.05) is 0 Å². The second kappa shape index (κ2) is 7.46. The zero-order valence-corrected chi connectivity index (χ0v) is 15.5. The standard InChI is InChI=1S/C19H12Cl2F5NO/c20-14-5-11(6-15(21)17(14)22)13(19(24,25)26)7-16(28)10-1-3-12(4-2-10)18(23)8-27-9-18/h1-7,27H,8-9H2/b13-7+. The fraction of sp³-hybridized carbons (Fsp3) is 0.211. The first kappa shape index (κ1) is 20.8. The van der Waals surface area contributed by atoms with Gasteiger partial charge in [0, 0.05) is 18.7 Å². The largest absolute Gasteiger partial charge is 0.417 e. The van der Waals surface area contributed by atoms with Gasteiger partial charge in [-0.25, -0.2) is 8.78 Å². The summed E-state index contributed by atoms with van der Waals surface area (Å²) >= 11 is 11.1. The van der Waals surface area contributed by atoms with Gasteiger partial charge in [-0.3, -0.25) is 4.79 Å². The molecule has 0 saturated carbocycles. The fourth-order valence-electron chi connectivity index (χ4n) is 2.74. The maximum Gasteiger partial charge on any atom is 0.417 e. The smallest absolute Gasteiger partial charge is 0.310 e. The summed E-state index contributed by atoms with van der Waals surface area (Å²) in [6.07, 6.45) is -4.54. The lowest BCUT2D eigenvalue weighted by atomic mass is 9.89. The van der Waals surface area contributed by atoms with E-state index < -0.39 is 44.6 Å². The van der Waals surface area contributed by atoms with Crippen LogP contribution in [-0.4, -0.2) is 25.0 Å². The van der Waals surface area contributed by atoms with Crippen molar-refractivity contribution in [1.82, 2.24) is 5.32 Å². The normalized spacial score (nSPS) is 16.6. The molecule has 1 saturated heterocycles. The van der Waals surface area contributed by atoms with Crippen LogP contribution in [0.1, 0.15) is 21.5 Å². The Balaban J connectivity index is 1.96. The van der Waals surface area contributed by atoms with Crippen LogP contribution in [0.25, 0.3) is 5.57 Å². The monoisotopic (exact) mass is 435 g/mol. The summed E-state index contributed by atoms with van der Waals surface area (Å²) in [6.45, 7) is 0.259. The first-order valence-corrected chi connectivity index (χ1v) is 8.75. The van der Waals surface area contributed by atoms with Gasteiger partial charge in [0.2, 0.25) is 0 Å². The number of hydrogen-bond acceptors (Lipinski definition) is 2. The molecular weight excluding hydrogens is 424 g/mol. The van der Waals surface area contributed by atoms with E-state index in [1.165, 1.54) is 24.3 Å². The maximum atomic E-state index is 14.3. The molecule has 0 amide bonds. The van der Waals surface area contributed by atoms with Gasteiger partial charge in [0.05, 0.1) is 15.6 Å². The van der Waals surface area contributed by atoms with Crippen LogP contribution in [0.4, 0.5) is 22.0 Å². The van der Waals surface area contributed by atoms with Crippen molar-refractivity contribution in [3.8, 4) is 0 Å². The average Bonchev–Trinajstić information content (AvgIpc) is 2.60. The second-order valence-electron chi connectivity index (χ2n) is 6.32. The van der Waals surface area contributed by atoms with Gasteiger partial charge in [0.1, 0.15) is 0 Å². The lowest BCUT2D eigenvalue weighted by molar-refractivity contribution is -0.0689. The van der Waals surface area contributed by atoms with Crippen molar-refractivity contribution in [2.75, 3.05) is 13.1 Å². The van der Waals surface area contributed by atoms with Crippen molar-refractivity contribution in [3.05, 3.63) is 75.0 Å². The van der Waals surface area contributed by atoms with E-state index in [1.54, 1.807) is 0 Å². The molecule has 3 rings (SSSR count). The van der Waals surface area contributed by atoms with Crippen LogP contribution in [0, 0.1) is 5.82 Å². The Kier molecular flexibility index (Phi) is 5.53. The number of hydrogen-bond donors (Lipinski definition) is 1. The number of alkyl halides is 4. The third-order valence-corrected chi connectivity index (χ3v) is 4.92. The molecule has 1 heterocycles. The van der Waals surface area contributed by atoms with Crippen LogP contribution >= 0.6 is 23.2 Å². The van der Waals surface area contributed by atoms with Gasteiger partial charge in [0.25, 0.3) is 0 Å². The molecule has 28 heavy (non-hydrogen) atoms. The number of rotatable bonds is 4. The molecule has 0 aliphatic carbocycles. The average molecular weight is 436 g/mol. The summed E-state index contributed by atoms with van der Waals surface area (Å²) in [5.74, 6) is -2.00.